The molecule has 0 radical (unpaired) electrons. The smallest absolute Gasteiger partial charge is 0.292 e. The highest BCUT2D eigenvalue weighted by Crippen LogP contribution is 2.25. The molecule has 1 N–H and O–H groups in total. The second-order valence-electron chi connectivity index (χ2n) is 3.99. The molecule has 1 aromatic carbocycles. The Kier molecular flexibility index (Phi) is 3.91. The molecule has 2 aromatic rings. The van der Waals surface area contributed by atoms with E-state index in [4.69, 9.17) is 5.26 Å². The maximum atomic E-state index is 11.0. The minimum absolute atomic E-state index is 0.0773. The quantitative estimate of drug-likeness (QED) is 0.655. The number of aryl methyl sites for hydroxylation is 1. The van der Waals surface area contributed by atoms with Gasteiger partial charge in [-0.1, -0.05) is 0 Å². The molecular weight excluding hydrogens is 260 g/mol. The molecule has 102 valence electrons. The SMILES string of the molecule is CCn1cnnc1CNc1cc(C#N)ccc1[N+](=O)[O-]. The zero-order chi connectivity index (χ0) is 14.5. The molecule has 0 aliphatic rings. The minimum Gasteiger partial charge on any atom is -0.372 e. The third kappa shape index (κ3) is 2.72. The van der Waals surface area contributed by atoms with Crippen LogP contribution in [-0.4, -0.2) is 19.7 Å². The van der Waals surface area contributed by atoms with Gasteiger partial charge in [0, 0.05) is 12.6 Å². The number of rotatable bonds is 5. The summed E-state index contributed by atoms with van der Waals surface area (Å²) in [5.41, 5.74) is 0.571. The van der Waals surface area contributed by atoms with E-state index in [-0.39, 0.29) is 5.69 Å². The molecule has 0 aliphatic heterocycles. The van der Waals surface area contributed by atoms with Crippen LogP contribution in [-0.2, 0) is 13.1 Å². The van der Waals surface area contributed by atoms with Crippen molar-refractivity contribution in [1.29, 1.82) is 5.26 Å². The second-order valence-corrected chi connectivity index (χ2v) is 3.99. The van der Waals surface area contributed by atoms with Crippen LogP contribution in [0.5, 0.6) is 0 Å². The number of nitro groups is 1. The molecule has 0 unspecified atom stereocenters. The summed E-state index contributed by atoms with van der Waals surface area (Å²) in [4.78, 5) is 10.5. The summed E-state index contributed by atoms with van der Waals surface area (Å²) in [6.07, 6.45) is 1.59. The van der Waals surface area contributed by atoms with Crippen molar-refractivity contribution in [3.8, 4) is 6.07 Å². The molecule has 0 amide bonds. The Morgan fingerprint density at radius 3 is 3.00 bits per heavy atom. The lowest BCUT2D eigenvalue weighted by atomic mass is 10.2. The molecule has 8 nitrogen and oxygen atoms in total. The van der Waals surface area contributed by atoms with E-state index < -0.39 is 4.92 Å². The van der Waals surface area contributed by atoms with E-state index in [1.807, 2.05) is 17.6 Å². The summed E-state index contributed by atoms with van der Waals surface area (Å²) in [5.74, 6) is 0.671. The predicted octanol–water partition coefficient (Wildman–Crippen LogP) is 1.69. The van der Waals surface area contributed by atoms with Crippen molar-refractivity contribution in [3.05, 3.63) is 46.0 Å². The van der Waals surface area contributed by atoms with Crippen LogP contribution >= 0.6 is 0 Å². The first-order chi connectivity index (χ1) is 9.65. The van der Waals surface area contributed by atoms with E-state index in [1.54, 1.807) is 6.33 Å². The minimum atomic E-state index is -0.492. The fourth-order valence-corrected chi connectivity index (χ4v) is 1.76. The van der Waals surface area contributed by atoms with E-state index >= 15 is 0 Å². The van der Waals surface area contributed by atoms with Gasteiger partial charge in [0.05, 0.1) is 23.1 Å². The van der Waals surface area contributed by atoms with Crippen molar-refractivity contribution in [2.75, 3.05) is 5.32 Å². The summed E-state index contributed by atoms with van der Waals surface area (Å²) >= 11 is 0. The number of nitro benzene ring substituents is 1. The maximum Gasteiger partial charge on any atom is 0.292 e. The van der Waals surface area contributed by atoms with Gasteiger partial charge in [-0.25, -0.2) is 0 Å². The van der Waals surface area contributed by atoms with Crippen LogP contribution in [0.1, 0.15) is 18.3 Å². The third-order valence-electron chi connectivity index (χ3n) is 2.80. The van der Waals surface area contributed by atoms with Crippen LogP contribution in [0.4, 0.5) is 11.4 Å². The van der Waals surface area contributed by atoms with Gasteiger partial charge in [-0.15, -0.1) is 10.2 Å². The summed E-state index contributed by atoms with van der Waals surface area (Å²) in [5, 5.41) is 30.5. The lowest BCUT2D eigenvalue weighted by Gasteiger charge is -2.07. The largest absolute Gasteiger partial charge is 0.372 e. The van der Waals surface area contributed by atoms with Gasteiger partial charge in [-0.3, -0.25) is 10.1 Å². The van der Waals surface area contributed by atoms with Crippen molar-refractivity contribution < 1.29 is 4.92 Å². The van der Waals surface area contributed by atoms with Gasteiger partial charge in [0.25, 0.3) is 5.69 Å². The van der Waals surface area contributed by atoms with E-state index in [1.165, 1.54) is 18.2 Å². The molecule has 2 rings (SSSR count). The Morgan fingerprint density at radius 1 is 1.55 bits per heavy atom. The third-order valence-corrected chi connectivity index (χ3v) is 2.80. The number of nitrogens with one attached hydrogen (secondary N) is 1. The average Bonchev–Trinajstić information content (AvgIpc) is 2.91. The standard InChI is InChI=1S/C12H12N6O2/c1-2-17-8-15-16-12(17)7-14-10-5-9(6-13)3-4-11(10)18(19)20/h3-5,8,14H,2,7H2,1H3. The zero-order valence-corrected chi connectivity index (χ0v) is 10.8. The Labute approximate surface area is 114 Å². The Bertz CT molecular complexity index is 673. The van der Waals surface area contributed by atoms with Crippen molar-refractivity contribution in [1.82, 2.24) is 14.8 Å². The molecule has 0 bridgehead atoms. The molecule has 0 saturated carbocycles. The van der Waals surface area contributed by atoms with Crippen LogP contribution in [0.2, 0.25) is 0 Å². The number of nitriles is 1. The van der Waals surface area contributed by atoms with Crippen LogP contribution < -0.4 is 5.32 Å². The summed E-state index contributed by atoms with van der Waals surface area (Å²) < 4.78 is 1.83. The molecule has 1 aromatic heterocycles. The number of benzene rings is 1. The van der Waals surface area contributed by atoms with Gasteiger partial charge < -0.3 is 9.88 Å². The highest BCUT2D eigenvalue weighted by atomic mass is 16.6. The van der Waals surface area contributed by atoms with Gasteiger partial charge in [0.15, 0.2) is 5.82 Å². The number of aromatic nitrogens is 3. The van der Waals surface area contributed by atoms with Gasteiger partial charge in [0.1, 0.15) is 12.0 Å². The fraction of sp³-hybridized carbons (Fsp3) is 0.250. The first kappa shape index (κ1) is 13.5. The lowest BCUT2D eigenvalue weighted by Crippen LogP contribution is -2.09. The van der Waals surface area contributed by atoms with Gasteiger partial charge in [-0.2, -0.15) is 5.26 Å². The number of hydrogen-bond donors (Lipinski definition) is 1. The normalized spacial score (nSPS) is 10.0. The van der Waals surface area contributed by atoms with Crippen molar-refractivity contribution in [2.45, 2.75) is 20.0 Å². The second kappa shape index (κ2) is 5.79. The first-order valence-corrected chi connectivity index (χ1v) is 5.94. The summed E-state index contributed by atoms with van der Waals surface area (Å²) in [6, 6.07) is 6.13. The number of anilines is 1. The highest BCUT2D eigenvalue weighted by molar-refractivity contribution is 5.64. The van der Waals surface area contributed by atoms with E-state index in [0.717, 1.165) is 0 Å². The highest BCUT2D eigenvalue weighted by Gasteiger charge is 2.14. The molecule has 0 saturated heterocycles. The van der Waals surface area contributed by atoms with Crippen LogP contribution in [0.3, 0.4) is 0 Å². The molecule has 0 fully saturated rings. The Balaban J connectivity index is 2.24. The predicted molar refractivity (Wildman–Crippen MR) is 70.8 cm³/mol. The van der Waals surface area contributed by atoms with E-state index in [9.17, 15) is 10.1 Å². The molecule has 1 heterocycles. The zero-order valence-electron chi connectivity index (χ0n) is 10.8. The molecule has 20 heavy (non-hydrogen) atoms. The summed E-state index contributed by atoms with van der Waals surface area (Å²) in [7, 11) is 0. The molecule has 8 heteroatoms. The van der Waals surface area contributed by atoms with Crippen molar-refractivity contribution >= 4 is 11.4 Å². The average molecular weight is 272 g/mol. The lowest BCUT2D eigenvalue weighted by molar-refractivity contribution is -0.384. The monoisotopic (exact) mass is 272 g/mol. The van der Waals surface area contributed by atoms with E-state index in [2.05, 4.69) is 15.5 Å². The summed E-state index contributed by atoms with van der Waals surface area (Å²) in [6.45, 7) is 2.96. The molecule has 0 aliphatic carbocycles. The van der Waals surface area contributed by atoms with Crippen molar-refractivity contribution in [2.24, 2.45) is 0 Å². The van der Waals surface area contributed by atoms with Crippen LogP contribution in [0.15, 0.2) is 24.5 Å². The Hall–Kier alpha value is -2.95. The van der Waals surface area contributed by atoms with Crippen molar-refractivity contribution in [3.63, 3.8) is 0 Å². The number of nitrogens with zero attached hydrogens (tertiary/aromatic N) is 5. The first-order valence-electron chi connectivity index (χ1n) is 5.94. The Morgan fingerprint density at radius 2 is 2.35 bits per heavy atom. The van der Waals surface area contributed by atoms with Gasteiger partial charge in [0.2, 0.25) is 0 Å². The molecular formula is C12H12N6O2. The van der Waals surface area contributed by atoms with E-state index in [0.29, 0.717) is 30.2 Å². The molecule has 0 spiro atoms. The fourth-order valence-electron chi connectivity index (χ4n) is 1.76. The molecule has 0 atom stereocenters. The topological polar surface area (TPSA) is 110 Å². The van der Waals surface area contributed by atoms with Gasteiger partial charge >= 0.3 is 0 Å². The van der Waals surface area contributed by atoms with Crippen LogP contribution in [0, 0.1) is 21.4 Å². The van der Waals surface area contributed by atoms with Gasteiger partial charge in [-0.05, 0) is 19.1 Å². The number of hydrogen-bond acceptors (Lipinski definition) is 6. The maximum absolute atomic E-state index is 11.0. The van der Waals surface area contributed by atoms with Crippen LogP contribution in [0.25, 0.3) is 0 Å².